The maximum atomic E-state index is 9.45. The molecule has 1 aromatic carbocycles. The minimum Gasteiger partial charge on any atom is -0.508 e. The lowest BCUT2D eigenvalue weighted by atomic mass is 9.87. The van der Waals surface area contributed by atoms with Gasteiger partial charge in [0, 0.05) is 18.0 Å². The van der Waals surface area contributed by atoms with E-state index in [0.29, 0.717) is 18.1 Å². The van der Waals surface area contributed by atoms with Crippen molar-refractivity contribution in [2.45, 2.75) is 39.7 Å². The molecule has 1 unspecified atom stereocenters. The lowest BCUT2D eigenvalue weighted by Gasteiger charge is -2.21. The monoisotopic (exact) mass is 275 g/mol. The van der Waals surface area contributed by atoms with Crippen LogP contribution in [0.4, 0.5) is 0 Å². The molecule has 2 aromatic rings. The lowest BCUT2D eigenvalue weighted by molar-refractivity contribution is 0.313. The summed E-state index contributed by atoms with van der Waals surface area (Å²) in [4.78, 5) is 4.32. The summed E-state index contributed by atoms with van der Waals surface area (Å²) in [5.74, 6) is 1.18. The number of rotatable bonds is 4. The molecule has 0 aliphatic carbocycles. The van der Waals surface area contributed by atoms with Crippen LogP contribution < -0.4 is 5.73 Å². The van der Waals surface area contributed by atoms with Crippen molar-refractivity contribution in [1.29, 1.82) is 0 Å². The Morgan fingerprint density at radius 1 is 1.35 bits per heavy atom. The molecule has 0 spiro atoms. The fourth-order valence-electron chi connectivity index (χ4n) is 2.18. The van der Waals surface area contributed by atoms with E-state index in [1.807, 2.05) is 6.07 Å². The Kier molecular flexibility index (Phi) is 4.09. The molecule has 20 heavy (non-hydrogen) atoms. The quantitative estimate of drug-likeness (QED) is 0.896. The third-order valence-electron chi connectivity index (χ3n) is 2.88. The summed E-state index contributed by atoms with van der Waals surface area (Å²) in [5, 5.41) is 13.4. The first kappa shape index (κ1) is 14.5. The number of nitrogens with zero attached hydrogens (tertiary/aromatic N) is 2. The van der Waals surface area contributed by atoms with Crippen molar-refractivity contribution in [2.75, 3.05) is 0 Å². The van der Waals surface area contributed by atoms with Gasteiger partial charge in [-0.3, -0.25) is 0 Å². The predicted octanol–water partition coefficient (Wildman–Crippen LogP) is 2.75. The first-order valence-corrected chi connectivity index (χ1v) is 6.71. The number of hydrogen-bond acceptors (Lipinski definition) is 5. The van der Waals surface area contributed by atoms with Crippen molar-refractivity contribution in [3.8, 4) is 17.1 Å². The predicted molar refractivity (Wildman–Crippen MR) is 77.2 cm³/mol. The topological polar surface area (TPSA) is 85.2 Å². The van der Waals surface area contributed by atoms with Crippen LogP contribution in [0, 0.1) is 5.41 Å². The van der Waals surface area contributed by atoms with E-state index in [1.165, 1.54) is 0 Å². The lowest BCUT2D eigenvalue weighted by Crippen LogP contribution is -2.28. The second kappa shape index (κ2) is 5.63. The van der Waals surface area contributed by atoms with Crippen LogP contribution in [0.25, 0.3) is 11.4 Å². The molecule has 3 N–H and O–H groups in total. The summed E-state index contributed by atoms with van der Waals surface area (Å²) in [6.45, 7) is 6.45. The van der Waals surface area contributed by atoms with Crippen LogP contribution in [0.15, 0.2) is 28.8 Å². The Morgan fingerprint density at radius 2 is 2.10 bits per heavy atom. The standard InChI is InChI=1S/C15H21N3O2/c1-15(2,3)9-11(16)8-13-17-14(18-20-13)10-5-4-6-12(19)7-10/h4-7,11,19H,8-9,16H2,1-3H3. The molecule has 0 fully saturated rings. The van der Waals surface area contributed by atoms with E-state index in [4.69, 9.17) is 10.3 Å². The molecule has 2 rings (SSSR count). The Bertz CT molecular complexity index is 572. The van der Waals surface area contributed by atoms with Crippen molar-refractivity contribution in [3.63, 3.8) is 0 Å². The second-order valence-corrected chi connectivity index (χ2v) is 6.29. The van der Waals surface area contributed by atoms with Gasteiger partial charge in [0.05, 0.1) is 0 Å². The van der Waals surface area contributed by atoms with Crippen LogP contribution in [0.3, 0.4) is 0 Å². The zero-order valence-electron chi connectivity index (χ0n) is 12.1. The number of aromatic nitrogens is 2. The summed E-state index contributed by atoms with van der Waals surface area (Å²) >= 11 is 0. The molecule has 0 saturated heterocycles. The smallest absolute Gasteiger partial charge is 0.228 e. The van der Waals surface area contributed by atoms with Gasteiger partial charge in [-0.25, -0.2) is 0 Å². The van der Waals surface area contributed by atoms with Gasteiger partial charge in [0.1, 0.15) is 5.75 Å². The molecule has 0 aliphatic heterocycles. The normalized spacial score (nSPS) is 13.4. The van der Waals surface area contributed by atoms with Crippen LogP contribution >= 0.6 is 0 Å². The number of aromatic hydroxyl groups is 1. The first-order valence-electron chi connectivity index (χ1n) is 6.71. The number of phenols is 1. The minimum atomic E-state index is -0.00697. The summed E-state index contributed by atoms with van der Waals surface area (Å²) in [5.41, 5.74) is 7.00. The van der Waals surface area contributed by atoms with Crippen LogP contribution in [-0.4, -0.2) is 21.3 Å². The van der Waals surface area contributed by atoms with Gasteiger partial charge in [0.2, 0.25) is 11.7 Å². The molecular weight excluding hydrogens is 254 g/mol. The zero-order chi connectivity index (χ0) is 14.8. The third-order valence-corrected chi connectivity index (χ3v) is 2.88. The zero-order valence-corrected chi connectivity index (χ0v) is 12.1. The molecule has 5 heteroatoms. The second-order valence-electron chi connectivity index (χ2n) is 6.29. The highest BCUT2D eigenvalue weighted by atomic mass is 16.5. The van der Waals surface area contributed by atoms with Gasteiger partial charge in [-0.1, -0.05) is 38.1 Å². The summed E-state index contributed by atoms with van der Waals surface area (Å²) in [6.07, 6.45) is 1.44. The van der Waals surface area contributed by atoms with E-state index in [-0.39, 0.29) is 17.2 Å². The van der Waals surface area contributed by atoms with E-state index in [0.717, 1.165) is 12.0 Å². The van der Waals surface area contributed by atoms with Crippen molar-refractivity contribution < 1.29 is 9.63 Å². The summed E-state index contributed by atoms with van der Waals surface area (Å²) < 4.78 is 5.22. The van der Waals surface area contributed by atoms with Gasteiger partial charge in [-0.05, 0) is 24.0 Å². The van der Waals surface area contributed by atoms with Gasteiger partial charge in [-0.2, -0.15) is 4.98 Å². The third kappa shape index (κ3) is 4.06. The van der Waals surface area contributed by atoms with Crippen LogP contribution in [0.1, 0.15) is 33.1 Å². The Labute approximate surface area is 118 Å². The van der Waals surface area contributed by atoms with E-state index in [9.17, 15) is 5.11 Å². The molecule has 0 saturated carbocycles. The van der Waals surface area contributed by atoms with Crippen molar-refractivity contribution in [3.05, 3.63) is 30.2 Å². The van der Waals surface area contributed by atoms with E-state index in [2.05, 4.69) is 30.9 Å². The maximum Gasteiger partial charge on any atom is 0.228 e. The molecule has 0 bridgehead atoms. The number of nitrogens with two attached hydrogens (primary N) is 1. The van der Waals surface area contributed by atoms with E-state index >= 15 is 0 Å². The molecule has 1 aromatic heterocycles. The van der Waals surface area contributed by atoms with Crippen LogP contribution in [-0.2, 0) is 6.42 Å². The van der Waals surface area contributed by atoms with Crippen LogP contribution in [0.5, 0.6) is 5.75 Å². The highest BCUT2D eigenvalue weighted by molar-refractivity contribution is 5.56. The number of phenolic OH excluding ortho intramolecular Hbond substituents is 1. The summed E-state index contributed by atoms with van der Waals surface area (Å²) in [7, 11) is 0. The van der Waals surface area contributed by atoms with Crippen molar-refractivity contribution >= 4 is 0 Å². The molecule has 0 aliphatic rings. The summed E-state index contributed by atoms with van der Waals surface area (Å²) in [6, 6.07) is 6.76. The fraction of sp³-hybridized carbons (Fsp3) is 0.467. The fourth-order valence-corrected chi connectivity index (χ4v) is 2.18. The van der Waals surface area contributed by atoms with E-state index in [1.54, 1.807) is 18.2 Å². The van der Waals surface area contributed by atoms with Gasteiger partial charge in [-0.15, -0.1) is 0 Å². The molecule has 1 atom stereocenters. The Morgan fingerprint density at radius 3 is 2.75 bits per heavy atom. The van der Waals surface area contributed by atoms with Gasteiger partial charge in [0.15, 0.2) is 0 Å². The average molecular weight is 275 g/mol. The van der Waals surface area contributed by atoms with Gasteiger partial charge in [0.25, 0.3) is 0 Å². The van der Waals surface area contributed by atoms with Crippen LogP contribution in [0.2, 0.25) is 0 Å². The van der Waals surface area contributed by atoms with Gasteiger partial charge >= 0.3 is 0 Å². The molecule has 1 heterocycles. The van der Waals surface area contributed by atoms with Crippen molar-refractivity contribution in [1.82, 2.24) is 10.1 Å². The first-order chi connectivity index (χ1) is 9.33. The SMILES string of the molecule is CC(C)(C)CC(N)Cc1nc(-c2cccc(O)c2)no1. The largest absolute Gasteiger partial charge is 0.508 e. The maximum absolute atomic E-state index is 9.45. The molecule has 108 valence electrons. The molecule has 0 amide bonds. The Balaban J connectivity index is 2.06. The molecule has 0 radical (unpaired) electrons. The molecular formula is C15H21N3O2. The van der Waals surface area contributed by atoms with Gasteiger partial charge < -0.3 is 15.4 Å². The highest BCUT2D eigenvalue weighted by Gasteiger charge is 2.18. The number of hydrogen-bond donors (Lipinski definition) is 2. The Hall–Kier alpha value is -1.88. The number of benzene rings is 1. The average Bonchev–Trinajstić information content (AvgIpc) is 2.74. The van der Waals surface area contributed by atoms with Crippen molar-refractivity contribution in [2.24, 2.45) is 11.1 Å². The van der Waals surface area contributed by atoms with E-state index < -0.39 is 0 Å². The molecule has 5 nitrogen and oxygen atoms in total. The highest BCUT2D eigenvalue weighted by Crippen LogP contribution is 2.23. The minimum absolute atomic E-state index is 0.00697.